The zero-order valence-electron chi connectivity index (χ0n) is 10.8. The Morgan fingerprint density at radius 3 is 2.55 bits per heavy atom. The van der Waals surface area contributed by atoms with Crippen LogP contribution in [-0.4, -0.2) is 11.9 Å². The molecule has 0 atom stereocenters. The van der Waals surface area contributed by atoms with Crippen molar-refractivity contribution < 1.29 is 0 Å². The molecule has 0 saturated carbocycles. The lowest BCUT2D eigenvalue weighted by Gasteiger charge is -1.99. The van der Waals surface area contributed by atoms with Crippen LogP contribution in [0.15, 0.2) is 64.6 Å². The SMILES string of the molecule is C1=C2\C(=Nc3ccccc32)/C=c2/cccc/c2=C/N=C/1. The van der Waals surface area contributed by atoms with Crippen LogP contribution in [0.1, 0.15) is 5.56 Å². The Morgan fingerprint density at radius 1 is 0.800 bits per heavy atom. The average Bonchev–Trinajstić information content (AvgIpc) is 2.85. The van der Waals surface area contributed by atoms with Crippen molar-refractivity contribution in [1.82, 2.24) is 0 Å². The lowest BCUT2D eigenvalue weighted by atomic mass is 10.0. The molecule has 2 aliphatic rings. The maximum atomic E-state index is 4.73. The normalized spacial score (nSPS) is 22.8. The molecule has 2 aromatic carbocycles. The third kappa shape index (κ3) is 1.74. The van der Waals surface area contributed by atoms with E-state index in [1.54, 1.807) is 0 Å². The quantitative estimate of drug-likeness (QED) is 0.692. The van der Waals surface area contributed by atoms with Gasteiger partial charge in [0, 0.05) is 28.8 Å². The molecule has 0 bridgehead atoms. The molecule has 0 saturated heterocycles. The van der Waals surface area contributed by atoms with Gasteiger partial charge < -0.3 is 0 Å². The molecule has 2 heteroatoms. The largest absolute Gasteiger partial charge is 0.264 e. The summed E-state index contributed by atoms with van der Waals surface area (Å²) in [6, 6.07) is 16.4. The summed E-state index contributed by atoms with van der Waals surface area (Å²) in [4.78, 5) is 9.10. The standard InChI is InChI=1S/C18H12N2/c1-2-6-14-12-19-10-9-16-15-7-3-4-8-17(15)20-18(16)11-13(14)5-1/h1-12H/b10-9?,13-11-,14-12-,16-9-,18-11?,19-10+,19-12?. The van der Waals surface area contributed by atoms with E-state index in [0.717, 1.165) is 27.4 Å². The molecule has 0 aromatic heterocycles. The highest BCUT2D eigenvalue weighted by Crippen LogP contribution is 2.34. The number of hydrogen-bond acceptors (Lipinski definition) is 2. The second-order valence-corrected chi connectivity index (χ2v) is 4.80. The molecule has 94 valence electrons. The van der Waals surface area contributed by atoms with Gasteiger partial charge in [-0.2, -0.15) is 0 Å². The Kier molecular flexibility index (Phi) is 2.46. The van der Waals surface area contributed by atoms with Crippen molar-refractivity contribution in [3.05, 3.63) is 70.6 Å². The molecule has 0 spiro atoms. The van der Waals surface area contributed by atoms with Crippen molar-refractivity contribution in [2.45, 2.75) is 0 Å². The Hall–Kier alpha value is -2.74. The first-order valence-corrected chi connectivity index (χ1v) is 6.61. The Morgan fingerprint density at radius 2 is 1.60 bits per heavy atom. The summed E-state index contributed by atoms with van der Waals surface area (Å²) in [7, 11) is 0. The summed E-state index contributed by atoms with van der Waals surface area (Å²) >= 11 is 0. The fraction of sp³-hybridized carbons (Fsp3) is 0. The molecule has 2 aliphatic heterocycles. The molecule has 0 fully saturated rings. The molecular formula is C18H12N2. The minimum absolute atomic E-state index is 1.00. The summed E-state index contributed by atoms with van der Waals surface area (Å²) < 4.78 is 0. The molecule has 20 heavy (non-hydrogen) atoms. The third-order valence-corrected chi connectivity index (χ3v) is 3.54. The maximum absolute atomic E-state index is 4.73. The monoisotopic (exact) mass is 256 g/mol. The summed E-state index contributed by atoms with van der Waals surface area (Å²) in [6.07, 6.45) is 7.88. The van der Waals surface area contributed by atoms with E-state index in [2.05, 4.69) is 29.3 Å². The van der Waals surface area contributed by atoms with E-state index in [1.807, 2.05) is 48.8 Å². The van der Waals surface area contributed by atoms with Gasteiger partial charge in [-0.15, -0.1) is 0 Å². The van der Waals surface area contributed by atoms with Crippen LogP contribution in [0.3, 0.4) is 0 Å². The summed E-state index contributed by atoms with van der Waals surface area (Å²) in [5.41, 5.74) is 4.33. The molecule has 0 N–H and O–H groups in total. The van der Waals surface area contributed by atoms with E-state index < -0.39 is 0 Å². The van der Waals surface area contributed by atoms with Gasteiger partial charge in [-0.25, -0.2) is 4.99 Å². The number of hydrogen-bond donors (Lipinski definition) is 0. The van der Waals surface area contributed by atoms with Crippen molar-refractivity contribution in [2.75, 3.05) is 0 Å². The van der Waals surface area contributed by atoms with Crippen molar-refractivity contribution in [2.24, 2.45) is 9.98 Å². The van der Waals surface area contributed by atoms with Gasteiger partial charge in [0.25, 0.3) is 0 Å². The highest BCUT2D eigenvalue weighted by molar-refractivity contribution is 6.42. The summed E-state index contributed by atoms with van der Waals surface area (Å²) in [5.74, 6) is 0. The lowest BCUT2D eigenvalue weighted by molar-refractivity contribution is 1.49. The lowest BCUT2D eigenvalue weighted by Crippen LogP contribution is -2.24. The molecule has 2 heterocycles. The predicted octanol–water partition coefficient (Wildman–Crippen LogP) is 2.46. The fourth-order valence-corrected chi connectivity index (χ4v) is 2.56. The fourth-order valence-electron chi connectivity index (χ4n) is 2.56. The molecule has 0 aliphatic carbocycles. The van der Waals surface area contributed by atoms with E-state index in [9.17, 15) is 0 Å². The van der Waals surface area contributed by atoms with E-state index in [1.165, 1.54) is 5.56 Å². The third-order valence-electron chi connectivity index (χ3n) is 3.54. The second-order valence-electron chi connectivity index (χ2n) is 4.80. The zero-order valence-corrected chi connectivity index (χ0v) is 10.8. The van der Waals surface area contributed by atoms with E-state index in [4.69, 9.17) is 4.99 Å². The van der Waals surface area contributed by atoms with Gasteiger partial charge in [-0.3, -0.25) is 4.99 Å². The Labute approximate surface area is 116 Å². The second kappa shape index (κ2) is 4.42. The Bertz CT molecular complexity index is 899. The van der Waals surface area contributed by atoms with Crippen LogP contribution >= 0.6 is 0 Å². The van der Waals surface area contributed by atoms with Crippen LogP contribution in [0.5, 0.6) is 0 Å². The first-order chi connectivity index (χ1) is 9.92. The van der Waals surface area contributed by atoms with Crippen LogP contribution in [-0.2, 0) is 0 Å². The highest BCUT2D eigenvalue weighted by atomic mass is 14.8. The zero-order chi connectivity index (χ0) is 13.4. The first kappa shape index (κ1) is 11.1. The topological polar surface area (TPSA) is 24.7 Å². The van der Waals surface area contributed by atoms with E-state index in [0.29, 0.717) is 0 Å². The van der Waals surface area contributed by atoms with Gasteiger partial charge in [0.15, 0.2) is 0 Å². The van der Waals surface area contributed by atoms with Gasteiger partial charge in [0.05, 0.1) is 11.4 Å². The molecule has 0 unspecified atom stereocenters. The molecular weight excluding hydrogens is 244 g/mol. The van der Waals surface area contributed by atoms with Crippen LogP contribution < -0.4 is 10.4 Å². The van der Waals surface area contributed by atoms with Crippen molar-refractivity contribution in [3.63, 3.8) is 0 Å². The smallest absolute Gasteiger partial charge is 0.0723 e. The number of benzene rings is 2. The molecule has 0 amide bonds. The van der Waals surface area contributed by atoms with Crippen LogP contribution in [0.2, 0.25) is 0 Å². The van der Waals surface area contributed by atoms with Crippen LogP contribution in [0.25, 0.3) is 17.8 Å². The van der Waals surface area contributed by atoms with Gasteiger partial charge >= 0.3 is 0 Å². The van der Waals surface area contributed by atoms with Crippen molar-refractivity contribution >= 4 is 35.5 Å². The number of nitrogens with zero attached hydrogens (tertiary/aromatic N) is 2. The van der Waals surface area contributed by atoms with Gasteiger partial charge in [-0.1, -0.05) is 42.5 Å². The van der Waals surface area contributed by atoms with Gasteiger partial charge in [-0.05, 0) is 23.4 Å². The number of fused-ring (bicyclic) bond motifs is 4. The minimum atomic E-state index is 1.00. The molecule has 0 radical (unpaired) electrons. The summed E-state index contributed by atoms with van der Waals surface area (Å²) in [5, 5.41) is 2.25. The number of aliphatic imine (C=N–C) groups is 2. The maximum Gasteiger partial charge on any atom is 0.0723 e. The Balaban J connectivity index is 2.03. The van der Waals surface area contributed by atoms with Gasteiger partial charge in [0.2, 0.25) is 0 Å². The van der Waals surface area contributed by atoms with Crippen LogP contribution in [0, 0.1) is 0 Å². The van der Waals surface area contributed by atoms with Crippen molar-refractivity contribution in [1.29, 1.82) is 0 Å². The average molecular weight is 256 g/mol. The van der Waals surface area contributed by atoms with Crippen molar-refractivity contribution in [3.8, 4) is 0 Å². The predicted molar refractivity (Wildman–Crippen MR) is 84.6 cm³/mol. The highest BCUT2D eigenvalue weighted by Gasteiger charge is 2.18. The molecule has 2 aromatic rings. The van der Waals surface area contributed by atoms with Gasteiger partial charge in [0.1, 0.15) is 0 Å². The molecule has 4 rings (SSSR count). The van der Waals surface area contributed by atoms with E-state index in [-0.39, 0.29) is 0 Å². The molecule has 2 nitrogen and oxygen atoms in total. The number of allylic oxidation sites excluding steroid dienone is 2. The summed E-state index contributed by atoms with van der Waals surface area (Å²) in [6.45, 7) is 0. The van der Waals surface area contributed by atoms with E-state index >= 15 is 0 Å². The number of rotatable bonds is 0. The number of para-hydroxylation sites is 1. The minimum Gasteiger partial charge on any atom is -0.264 e. The van der Waals surface area contributed by atoms with Crippen LogP contribution in [0.4, 0.5) is 5.69 Å². The first-order valence-electron chi connectivity index (χ1n) is 6.61.